The Bertz CT molecular complexity index is 757. The first-order valence-electron chi connectivity index (χ1n) is 6.93. The number of ether oxygens (including phenoxy) is 2. The molecule has 1 aromatic heterocycles. The summed E-state index contributed by atoms with van der Waals surface area (Å²) in [6, 6.07) is 3.71. The average molecular weight is 307 g/mol. The molecule has 0 spiro atoms. The van der Waals surface area contributed by atoms with E-state index in [9.17, 15) is 14.4 Å². The maximum atomic E-state index is 12.1. The third-order valence-electron chi connectivity index (χ3n) is 3.29. The van der Waals surface area contributed by atoms with Crippen LogP contribution >= 0.6 is 0 Å². The van der Waals surface area contributed by atoms with Gasteiger partial charge in [-0.1, -0.05) is 6.92 Å². The molecule has 7 nitrogen and oxygen atoms in total. The van der Waals surface area contributed by atoms with Crippen molar-refractivity contribution in [3.05, 3.63) is 34.3 Å². The Hall–Kier alpha value is -2.57. The molecule has 1 aromatic carbocycles. The Kier molecular flexibility index (Phi) is 4.65. The van der Waals surface area contributed by atoms with E-state index in [2.05, 4.69) is 4.74 Å². The molecule has 2 rings (SSSR count). The van der Waals surface area contributed by atoms with E-state index < -0.39 is 23.7 Å². The van der Waals surface area contributed by atoms with Gasteiger partial charge in [0.25, 0.3) is 0 Å². The van der Waals surface area contributed by atoms with Gasteiger partial charge in [0.2, 0.25) is 0 Å². The fourth-order valence-electron chi connectivity index (χ4n) is 2.27. The third kappa shape index (κ3) is 2.74. The second-order valence-corrected chi connectivity index (χ2v) is 4.59. The van der Waals surface area contributed by atoms with Crippen LogP contribution in [0, 0.1) is 0 Å². The normalized spacial score (nSPS) is 12.1. The van der Waals surface area contributed by atoms with Crippen LogP contribution in [0.25, 0.3) is 11.1 Å². The number of carbonyl (C=O) groups excluding carboxylic acids is 2. The first-order valence-corrected chi connectivity index (χ1v) is 6.93. The van der Waals surface area contributed by atoms with Crippen molar-refractivity contribution in [3.63, 3.8) is 0 Å². The van der Waals surface area contributed by atoms with Gasteiger partial charge < -0.3 is 13.9 Å². The molecule has 0 amide bonds. The SMILES string of the molecule is CCOC(=O)C(CC)n1c(=O)oc2cc(C(=O)OC)ccc21. The second-order valence-electron chi connectivity index (χ2n) is 4.59. The molecule has 0 fully saturated rings. The van der Waals surface area contributed by atoms with Gasteiger partial charge in [0.15, 0.2) is 5.58 Å². The van der Waals surface area contributed by atoms with Crippen LogP contribution in [-0.2, 0) is 14.3 Å². The monoisotopic (exact) mass is 307 g/mol. The molecule has 0 radical (unpaired) electrons. The molecule has 1 atom stereocenters. The van der Waals surface area contributed by atoms with Gasteiger partial charge >= 0.3 is 17.7 Å². The summed E-state index contributed by atoms with van der Waals surface area (Å²) in [5.74, 6) is -1.70. The Labute approximate surface area is 126 Å². The van der Waals surface area contributed by atoms with Crippen LogP contribution in [0.1, 0.15) is 36.7 Å². The fourth-order valence-corrected chi connectivity index (χ4v) is 2.27. The van der Waals surface area contributed by atoms with Crippen molar-refractivity contribution in [3.8, 4) is 0 Å². The van der Waals surface area contributed by atoms with Crippen LogP contribution in [0.5, 0.6) is 0 Å². The van der Waals surface area contributed by atoms with Gasteiger partial charge in [-0.05, 0) is 31.5 Å². The molecular weight excluding hydrogens is 290 g/mol. The van der Waals surface area contributed by atoms with Gasteiger partial charge in [0.05, 0.1) is 24.8 Å². The van der Waals surface area contributed by atoms with E-state index in [1.807, 2.05) is 0 Å². The second kappa shape index (κ2) is 6.46. The Morgan fingerprint density at radius 2 is 2.05 bits per heavy atom. The number of oxazole rings is 1. The van der Waals surface area contributed by atoms with Crippen molar-refractivity contribution < 1.29 is 23.5 Å². The maximum absolute atomic E-state index is 12.1. The summed E-state index contributed by atoms with van der Waals surface area (Å²) in [5.41, 5.74) is 0.910. The van der Waals surface area contributed by atoms with E-state index in [1.54, 1.807) is 19.9 Å². The highest BCUT2D eigenvalue weighted by Crippen LogP contribution is 2.21. The van der Waals surface area contributed by atoms with Crippen LogP contribution in [0.4, 0.5) is 0 Å². The highest BCUT2D eigenvalue weighted by atomic mass is 16.5. The molecular formula is C15H17NO6. The zero-order valence-corrected chi connectivity index (χ0v) is 12.6. The van der Waals surface area contributed by atoms with E-state index in [-0.39, 0.29) is 17.8 Å². The smallest absolute Gasteiger partial charge is 0.420 e. The minimum Gasteiger partial charge on any atom is -0.465 e. The van der Waals surface area contributed by atoms with Crippen molar-refractivity contribution >= 4 is 23.0 Å². The molecule has 118 valence electrons. The maximum Gasteiger partial charge on any atom is 0.420 e. The molecule has 0 N–H and O–H groups in total. The summed E-state index contributed by atoms with van der Waals surface area (Å²) in [7, 11) is 1.27. The van der Waals surface area contributed by atoms with Gasteiger partial charge in [-0.25, -0.2) is 14.4 Å². The minimum absolute atomic E-state index is 0.218. The summed E-state index contributed by atoms with van der Waals surface area (Å²) < 4.78 is 16.0. The van der Waals surface area contributed by atoms with Gasteiger partial charge in [-0.3, -0.25) is 4.57 Å². The molecule has 1 heterocycles. The summed E-state index contributed by atoms with van der Waals surface area (Å²) in [6.07, 6.45) is 0.381. The largest absolute Gasteiger partial charge is 0.465 e. The molecule has 0 aliphatic rings. The van der Waals surface area contributed by atoms with Crippen LogP contribution in [-0.4, -0.2) is 30.2 Å². The van der Waals surface area contributed by atoms with E-state index in [4.69, 9.17) is 9.15 Å². The first-order chi connectivity index (χ1) is 10.5. The number of carbonyl (C=O) groups is 2. The number of hydrogen-bond donors (Lipinski definition) is 0. The predicted molar refractivity (Wildman–Crippen MR) is 77.8 cm³/mol. The number of aromatic nitrogens is 1. The molecule has 2 aromatic rings. The molecule has 1 unspecified atom stereocenters. The highest BCUT2D eigenvalue weighted by Gasteiger charge is 2.25. The Morgan fingerprint density at radius 1 is 1.32 bits per heavy atom. The number of esters is 2. The van der Waals surface area contributed by atoms with Gasteiger partial charge in [0, 0.05) is 0 Å². The fraction of sp³-hybridized carbons (Fsp3) is 0.400. The number of fused-ring (bicyclic) bond motifs is 1. The van der Waals surface area contributed by atoms with E-state index in [1.165, 1.54) is 23.8 Å². The lowest BCUT2D eigenvalue weighted by Gasteiger charge is -2.14. The molecule has 0 aliphatic heterocycles. The number of benzene rings is 1. The Balaban J connectivity index is 2.55. The topological polar surface area (TPSA) is 87.7 Å². The zero-order chi connectivity index (χ0) is 16.3. The zero-order valence-electron chi connectivity index (χ0n) is 12.6. The summed E-state index contributed by atoms with van der Waals surface area (Å²) >= 11 is 0. The molecule has 0 aliphatic carbocycles. The van der Waals surface area contributed by atoms with Crippen molar-refractivity contribution in [1.29, 1.82) is 0 Å². The third-order valence-corrected chi connectivity index (χ3v) is 3.29. The van der Waals surface area contributed by atoms with Gasteiger partial charge in [-0.15, -0.1) is 0 Å². The van der Waals surface area contributed by atoms with Crippen molar-refractivity contribution in [1.82, 2.24) is 4.57 Å². The lowest BCUT2D eigenvalue weighted by molar-refractivity contribution is -0.147. The molecule has 0 saturated carbocycles. The van der Waals surface area contributed by atoms with Crippen LogP contribution in [0.2, 0.25) is 0 Å². The number of hydrogen-bond acceptors (Lipinski definition) is 6. The summed E-state index contributed by atoms with van der Waals surface area (Å²) in [4.78, 5) is 35.6. The number of nitrogens with zero attached hydrogens (tertiary/aromatic N) is 1. The van der Waals surface area contributed by atoms with E-state index >= 15 is 0 Å². The van der Waals surface area contributed by atoms with Gasteiger partial charge in [0.1, 0.15) is 6.04 Å². The lowest BCUT2D eigenvalue weighted by atomic mass is 10.2. The van der Waals surface area contributed by atoms with E-state index in [0.29, 0.717) is 11.9 Å². The van der Waals surface area contributed by atoms with Gasteiger partial charge in [-0.2, -0.15) is 0 Å². The molecule has 0 bridgehead atoms. The van der Waals surface area contributed by atoms with Crippen LogP contribution < -0.4 is 5.76 Å². The number of rotatable bonds is 5. The quantitative estimate of drug-likeness (QED) is 0.784. The molecule has 7 heteroatoms. The number of methoxy groups -OCH3 is 1. The van der Waals surface area contributed by atoms with Crippen LogP contribution in [0.15, 0.2) is 27.4 Å². The first kappa shape index (κ1) is 15.8. The molecule has 0 saturated heterocycles. The highest BCUT2D eigenvalue weighted by molar-refractivity contribution is 5.93. The summed E-state index contributed by atoms with van der Waals surface area (Å²) in [5, 5.41) is 0. The summed E-state index contributed by atoms with van der Waals surface area (Å²) in [6.45, 7) is 3.70. The Morgan fingerprint density at radius 3 is 2.64 bits per heavy atom. The average Bonchev–Trinajstić information content (AvgIpc) is 2.83. The van der Waals surface area contributed by atoms with Crippen molar-refractivity contribution in [2.45, 2.75) is 26.3 Å². The standard InChI is InChI=1S/C15H17NO6/c1-4-10(14(18)21-5-2)16-11-7-6-9(13(17)20-3)8-12(11)22-15(16)19/h6-8,10H,4-5H2,1-3H3. The van der Waals surface area contributed by atoms with Crippen LogP contribution in [0.3, 0.4) is 0 Å². The van der Waals surface area contributed by atoms with Crippen molar-refractivity contribution in [2.24, 2.45) is 0 Å². The minimum atomic E-state index is -0.766. The lowest BCUT2D eigenvalue weighted by Crippen LogP contribution is -2.28. The van der Waals surface area contributed by atoms with Crippen molar-refractivity contribution in [2.75, 3.05) is 13.7 Å². The molecule has 22 heavy (non-hydrogen) atoms. The van der Waals surface area contributed by atoms with E-state index in [0.717, 1.165) is 0 Å². The predicted octanol–water partition coefficient (Wildman–Crippen LogP) is 1.90.